The summed E-state index contributed by atoms with van der Waals surface area (Å²) in [6, 6.07) is 5.48. The van der Waals surface area contributed by atoms with E-state index in [0.29, 0.717) is 10.2 Å². The van der Waals surface area contributed by atoms with Crippen LogP contribution in [0.1, 0.15) is 17.0 Å². The molecule has 2 rings (SSSR count). The first-order valence-corrected chi connectivity index (χ1v) is 6.30. The minimum Gasteiger partial charge on any atom is -0.436 e. The zero-order valence-electron chi connectivity index (χ0n) is 9.53. The second-order valence-electron chi connectivity index (χ2n) is 3.63. The molecule has 0 atom stereocenters. The first-order chi connectivity index (χ1) is 8.10. The monoisotopic (exact) mass is 269 g/mol. The fraction of sp³-hybridized carbons (Fsp3) is 0.250. The summed E-state index contributed by atoms with van der Waals surface area (Å²) in [7, 11) is 0. The SMILES string of the molecule is Cc1nc(Sc2ccc(CO)c(Cl)c2)oc1C. The van der Waals surface area contributed by atoms with Crippen LogP contribution in [0.15, 0.2) is 32.7 Å². The average molecular weight is 270 g/mol. The molecule has 17 heavy (non-hydrogen) atoms. The molecule has 3 nitrogen and oxygen atoms in total. The van der Waals surface area contributed by atoms with Gasteiger partial charge in [-0.05, 0) is 43.3 Å². The van der Waals surface area contributed by atoms with Crippen LogP contribution in [0.25, 0.3) is 0 Å². The highest BCUT2D eigenvalue weighted by Gasteiger charge is 2.08. The van der Waals surface area contributed by atoms with Crippen molar-refractivity contribution in [2.24, 2.45) is 0 Å². The molecule has 1 heterocycles. The maximum atomic E-state index is 9.02. The van der Waals surface area contributed by atoms with E-state index in [-0.39, 0.29) is 6.61 Å². The number of benzene rings is 1. The van der Waals surface area contributed by atoms with E-state index >= 15 is 0 Å². The quantitative estimate of drug-likeness (QED) is 0.925. The van der Waals surface area contributed by atoms with Crippen LogP contribution in [0.5, 0.6) is 0 Å². The number of aliphatic hydroxyl groups is 1. The van der Waals surface area contributed by atoms with Gasteiger partial charge in [0.1, 0.15) is 5.76 Å². The molecule has 0 spiro atoms. The summed E-state index contributed by atoms with van der Waals surface area (Å²) in [6.07, 6.45) is 0. The van der Waals surface area contributed by atoms with Gasteiger partial charge in [-0.2, -0.15) is 0 Å². The average Bonchev–Trinajstić information content (AvgIpc) is 2.58. The van der Waals surface area contributed by atoms with Gasteiger partial charge in [0, 0.05) is 9.92 Å². The Hall–Kier alpha value is -0.970. The first-order valence-electron chi connectivity index (χ1n) is 5.11. The van der Waals surface area contributed by atoms with Crippen LogP contribution in [-0.2, 0) is 6.61 Å². The Bertz CT molecular complexity index is 520. The summed E-state index contributed by atoms with van der Waals surface area (Å²) in [4.78, 5) is 5.22. The lowest BCUT2D eigenvalue weighted by molar-refractivity contribution is 0.282. The lowest BCUT2D eigenvalue weighted by Gasteiger charge is -2.02. The predicted molar refractivity (Wildman–Crippen MR) is 67.5 cm³/mol. The fourth-order valence-electron chi connectivity index (χ4n) is 1.31. The zero-order valence-corrected chi connectivity index (χ0v) is 11.1. The Morgan fingerprint density at radius 1 is 1.41 bits per heavy atom. The number of nitrogens with zero attached hydrogens (tertiary/aromatic N) is 1. The van der Waals surface area contributed by atoms with Gasteiger partial charge in [-0.1, -0.05) is 17.7 Å². The van der Waals surface area contributed by atoms with E-state index < -0.39 is 0 Å². The lowest BCUT2D eigenvalue weighted by Crippen LogP contribution is -1.84. The zero-order chi connectivity index (χ0) is 12.4. The van der Waals surface area contributed by atoms with Crippen molar-refractivity contribution in [1.29, 1.82) is 0 Å². The summed E-state index contributed by atoms with van der Waals surface area (Å²) in [5.41, 5.74) is 1.61. The van der Waals surface area contributed by atoms with Gasteiger partial charge in [0.2, 0.25) is 0 Å². The Kier molecular flexibility index (Phi) is 3.76. The molecule has 0 amide bonds. The van der Waals surface area contributed by atoms with E-state index in [1.54, 1.807) is 12.1 Å². The van der Waals surface area contributed by atoms with Crippen LogP contribution in [0, 0.1) is 13.8 Å². The number of rotatable bonds is 3. The predicted octanol–water partition coefficient (Wildman–Crippen LogP) is 3.59. The molecule has 0 fully saturated rings. The van der Waals surface area contributed by atoms with Crippen LogP contribution in [-0.4, -0.2) is 10.1 Å². The Labute approximate surface area is 109 Å². The fourth-order valence-corrected chi connectivity index (χ4v) is 2.48. The highest BCUT2D eigenvalue weighted by Crippen LogP contribution is 2.31. The molecular weight excluding hydrogens is 258 g/mol. The van der Waals surface area contributed by atoms with E-state index in [1.165, 1.54) is 11.8 Å². The summed E-state index contributed by atoms with van der Waals surface area (Å²) in [5.74, 6) is 0.825. The molecule has 0 radical (unpaired) electrons. The van der Waals surface area contributed by atoms with Gasteiger partial charge >= 0.3 is 0 Å². The van der Waals surface area contributed by atoms with E-state index in [9.17, 15) is 0 Å². The molecule has 0 aliphatic heterocycles. The van der Waals surface area contributed by atoms with Crippen molar-refractivity contribution in [3.63, 3.8) is 0 Å². The second-order valence-corrected chi connectivity index (χ2v) is 5.07. The Balaban J connectivity index is 2.21. The van der Waals surface area contributed by atoms with Crippen LogP contribution in [0.2, 0.25) is 5.02 Å². The number of halogens is 1. The minimum atomic E-state index is -0.0546. The molecule has 0 unspecified atom stereocenters. The van der Waals surface area contributed by atoms with Crippen molar-refractivity contribution in [3.8, 4) is 0 Å². The van der Waals surface area contributed by atoms with Crippen molar-refractivity contribution in [2.45, 2.75) is 30.6 Å². The Morgan fingerprint density at radius 2 is 2.18 bits per heavy atom. The summed E-state index contributed by atoms with van der Waals surface area (Å²) < 4.78 is 5.47. The van der Waals surface area contributed by atoms with E-state index in [4.69, 9.17) is 21.1 Å². The molecule has 0 bridgehead atoms. The van der Waals surface area contributed by atoms with Crippen LogP contribution in [0.4, 0.5) is 0 Å². The van der Waals surface area contributed by atoms with Gasteiger partial charge in [0.15, 0.2) is 0 Å². The smallest absolute Gasteiger partial charge is 0.260 e. The largest absolute Gasteiger partial charge is 0.436 e. The molecule has 1 aromatic heterocycles. The molecule has 0 saturated heterocycles. The van der Waals surface area contributed by atoms with Crippen LogP contribution < -0.4 is 0 Å². The van der Waals surface area contributed by atoms with Crippen molar-refractivity contribution in [3.05, 3.63) is 40.2 Å². The summed E-state index contributed by atoms with van der Waals surface area (Å²) in [6.45, 7) is 3.74. The second kappa shape index (κ2) is 5.12. The maximum absolute atomic E-state index is 9.02. The normalized spacial score (nSPS) is 10.8. The third-order valence-corrected chi connectivity index (χ3v) is 3.60. The van der Waals surface area contributed by atoms with Gasteiger partial charge in [0.25, 0.3) is 5.22 Å². The number of oxazole rings is 1. The van der Waals surface area contributed by atoms with E-state index in [1.807, 2.05) is 19.9 Å². The molecule has 2 aromatic rings. The van der Waals surface area contributed by atoms with E-state index in [2.05, 4.69) is 4.98 Å². The molecule has 0 aliphatic rings. The number of hydrogen-bond acceptors (Lipinski definition) is 4. The third-order valence-electron chi connectivity index (χ3n) is 2.41. The molecule has 5 heteroatoms. The van der Waals surface area contributed by atoms with Gasteiger partial charge in [-0.25, -0.2) is 4.98 Å². The standard InChI is InChI=1S/C12H12ClNO2S/c1-7-8(2)16-12(14-7)17-10-4-3-9(6-15)11(13)5-10/h3-5,15H,6H2,1-2H3. The molecule has 0 saturated carbocycles. The topological polar surface area (TPSA) is 46.3 Å². The summed E-state index contributed by atoms with van der Waals surface area (Å²) in [5, 5.41) is 10.2. The summed E-state index contributed by atoms with van der Waals surface area (Å²) >= 11 is 7.42. The molecule has 1 N–H and O–H groups in total. The highest BCUT2D eigenvalue weighted by atomic mass is 35.5. The number of aromatic nitrogens is 1. The van der Waals surface area contributed by atoms with Crippen LogP contribution in [0.3, 0.4) is 0 Å². The van der Waals surface area contributed by atoms with Gasteiger partial charge in [0.05, 0.1) is 12.3 Å². The molecular formula is C12H12ClNO2S. The van der Waals surface area contributed by atoms with Crippen molar-refractivity contribution < 1.29 is 9.52 Å². The molecule has 90 valence electrons. The number of aliphatic hydroxyl groups excluding tert-OH is 1. The van der Waals surface area contributed by atoms with Crippen molar-refractivity contribution >= 4 is 23.4 Å². The maximum Gasteiger partial charge on any atom is 0.260 e. The van der Waals surface area contributed by atoms with Crippen LogP contribution >= 0.6 is 23.4 Å². The first kappa shape index (κ1) is 12.5. The number of hydrogen-bond donors (Lipinski definition) is 1. The van der Waals surface area contributed by atoms with Crippen molar-refractivity contribution in [2.75, 3.05) is 0 Å². The van der Waals surface area contributed by atoms with Gasteiger partial charge < -0.3 is 9.52 Å². The minimum absolute atomic E-state index is 0.0546. The molecule has 0 aliphatic carbocycles. The highest BCUT2D eigenvalue weighted by molar-refractivity contribution is 7.99. The van der Waals surface area contributed by atoms with E-state index in [0.717, 1.165) is 21.9 Å². The van der Waals surface area contributed by atoms with Crippen molar-refractivity contribution in [1.82, 2.24) is 4.98 Å². The lowest BCUT2D eigenvalue weighted by atomic mass is 10.2. The molecule has 1 aromatic carbocycles. The third kappa shape index (κ3) is 2.83. The van der Waals surface area contributed by atoms with Gasteiger partial charge in [-0.3, -0.25) is 0 Å². The number of aryl methyl sites for hydroxylation is 2. The Morgan fingerprint density at radius 3 is 2.71 bits per heavy atom. The van der Waals surface area contributed by atoms with Gasteiger partial charge in [-0.15, -0.1) is 0 Å².